The molecule has 0 spiro atoms. The Morgan fingerprint density at radius 3 is 2.55 bits per heavy atom. The van der Waals surface area contributed by atoms with Gasteiger partial charge >= 0.3 is 0 Å². The van der Waals surface area contributed by atoms with Crippen LogP contribution in [0.3, 0.4) is 0 Å². The Morgan fingerprint density at radius 1 is 0.839 bits per heavy atom. The number of ether oxygens (including phenoxy) is 2. The van der Waals surface area contributed by atoms with Gasteiger partial charge in [0.15, 0.2) is 0 Å². The van der Waals surface area contributed by atoms with E-state index in [1.807, 2.05) is 42.5 Å². The van der Waals surface area contributed by atoms with E-state index in [0.717, 1.165) is 41.6 Å². The van der Waals surface area contributed by atoms with Gasteiger partial charge in [0.2, 0.25) is 0 Å². The Morgan fingerprint density at radius 2 is 1.68 bits per heavy atom. The minimum Gasteiger partial charge on any atom is -0.496 e. The molecule has 0 aromatic heterocycles. The van der Waals surface area contributed by atoms with E-state index >= 15 is 0 Å². The molecule has 0 fully saturated rings. The van der Waals surface area contributed by atoms with E-state index in [2.05, 4.69) is 47.8 Å². The molecular formula is C27H26ClNO2. The molecule has 0 aliphatic carbocycles. The first-order chi connectivity index (χ1) is 15.2. The minimum absolute atomic E-state index is 0.479. The van der Waals surface area contributed by atoms with E-state index in [0.29, 0.717) is 6.61 Å². The predicted octanol–water partition coefficient (Wildman–Crippen LogP) is 6.41. The molecule has 0 radical (unpaired) electrons. The molecule has 0 saturated carbocycles. The summed E-state index contributed by atoms with van der Waals surface area (Å²) in [7, 11) is 1.71. The summed E-state index contributed by atoms with van der Waals surface area (Å²) in [5.41, 5.74) is 3.42. The Balaban J connectivity index is 1.48. The number of rotatable bonds is 9. The number of nitrogens with one attached hydrogen (secondary N) is 1. The van der Waals surface area contributed by atoms with E-state index in [4.69, 9.17) is 21.1 Å². The lowest BCUT2D eigenvalue weighted by atomic mass is 10.0. The van der Waals surface area contributed by atoms with Gasteiger partial charge in [-0.1, -0.05) is 72.3 Å². The summed E-state index contributed by atoms with van der Waals surface area (Å²) in [6.45, 7) is 2.05. The smallest absolute Gasteiger partial charge is 0.124 e. The predicted molar refractivity (Wildman–Crippen MR) is 128 cm³/mol. The first kappa shape index (κ1) is 21.2. The minimum atomic E-state index is 0.479. The van der Waals surface area contributed by atoms with Gasteiger partial charge in [-0.05, 0) is 59.1 Å². The van der Waals surface area contributed by atoms with Gasteiger partial charge in [0.05, 0.1) is 7.11 Å². The summed E-state index contributed by atoms with van der Waals surface area (Å²) in [5, 5.41) is 6.72. The fourth-order valence-corrected chi connectivity index (χ4v) is 3.98. The molecular weight excluding hydrogens is 406 g/mol. The second-order valence-corrected chi connectivity index (χ2v) is 7.86. The number of para-hydroxylation sites is 1. The topological polar surface area (TPSA) is 30.5 Å². The van der Waals surface area contributed by atoms with Crippen LogP contribution in [0.2, 0.25) is 5.02 Å². The third-order valence-corrected chi connectivity index (χ3v) is 5.58. The molecule has 0 unspecified atom stereocenters. The Hall–Kier alpha value is -3.01. The molecule has 4 rings (SSSR count). The SMILES string of the molecule is COc1ccccc1CCNCc1c(OCc2cccc(Cl)c2)ccc2ccccc12. The molecule has 4 heteroatoms. The molecule has 0 amide bonds. The van der Waals surface area contributed by atoms with Crippen LogP contribution in [0.25, 0.3) is 10.8 Å². The quantitative estimate of drug-likeness (QED) is 0.310. The summed E-state index contributed by atoms with van der Waals surface area (Å²) >= 11 is 6.12. The number of halogens is 1. The third-order valence-electron chi connectivity index (χ3n) is 5.35. The highest BCUT2D eigenvalue weighted by Gasteiger charge is 2.10. The highest BCUT2D eigenvalue weighted by atomic mass is 35.5. The highest BCUT2D eigenvalue weighted by Crippen LogP contribution is 2.29. The van der Waals surface area contributed by atoms with Crippen LogP contribution in [0.5, 0.6) is 11.5 Å². The lowest BCUT2D eigenvalue weighted by Gasteiger charge is -2.16. The van der Waals surface area contributed by atoms with E-state index in [9.17, 15) is 0 Å². The van der Waals surface area contributed by atoms with E-state index < -0.39 is 0 Å². The highest BCUT2D eigenvalue weighted by molar-refractivity contribution is 6.30. The molecule has 3 nitrogen and oxygen atoms in total. The largest absolute Gasteiger partial charge is 0.496 e. The van der Waals surface area contributed by atoms with Crippen LogP contribution >= 0.6 is 11.6 Å². The van der Waals surface area contributed by atoms with E-state index in [-0.39, 0.29) is 0 Å². The van der Waals surface area contributed by atoms with E-state index in [1.165, 1.54) is 21.9 Å². The van der Waals surface area contributed by atoms with Crippen LogP contribution in [-0.4, -0.2) is 13.7 Å². The summed E-state index contributed by atoms with van der Waals surface area (Å²) < 4.78 is 11.7. The summed E-state index contributed by atoms with van der Waals surface area (Å²) in [4.78, 5) is 0. The van der Waals surface area contributed by atoms with E-state index in [1.54, 1.807) is 7.11 Å². The zero-order chi connectivity index (χ0) is 21.5. The second kappa shape index (κ2) is 10.3. The fourth-order valence-electron chi connectivity index (χ4n) is 3.77. The maximum atomic E-state index is 6.22. The van der Waals surface area contributed by atoms with Gasteiger partial charge < -0.3 is 14.8 Å². The molecule has 0 saturated heterocycles. The van der Waals surface area contributed by atoms with Crippen LogP contribution in [0.4, 0.5) is 0 Å². The Bertz CT molecular complexity index is 1160. The normalized spacial score (nSPS) is 10.9. The van der Waals surface area contributed by atoms with Gasteiger partial charge in [-0.15, -0.1) is 0 Å². The van der Waals surface area contributed by atoms with Gasteiger partial charge in [-0.3, -0.25) is 0 Å². The van der Waals surface area contributed by atoms with Crippen molar-refractivity contribution in [1.82, 2.24) is 5.32 Å². The molecule has 0 heterocycles. The first-order valence-corrected chi connectivity index (χ1v) is 10.8. The van der Waals surface area contributed by atoms with Crippen molar-refractivity contribution in [3.63, 3.8) is 0 Å². The van der Waals surface area contributed by atoms with Crippen molar-refractivity contribution in [2.45, 2.75) is 19.6 Å². The molecule has 4 aromatic carbocycles. The molecule has 0 aliphatic rings. The van der Waals surface area contributed by atoms with Crippen molar-refractivity contribution in [2.75, 3.05) is 13.7 Å². The number of hydrogen-bond donors (Lipinski definition) is 1. The summed E-state index contributed by atoms with van der Waals surface area (Å²) in [5.74, 6) is 1.82. The Kier molecular flexibility index (Phi) is 7.08. The van der Waals surface area contributed by atoms with Crippen LogP contribution in [-0.2, 0) is 19.6 Å². The number of methoxy groups -OCH3 is 1. The maximum Gasteiger partial charge on any atom is 0.124 e. The second-order valence-electron chi connectivity index (χ2n) is 7.42. The molecule has 158 valence electrons. The van der Waals surface area contributed by atoms with Gasteiger partial charge in [0.1, 0.15) is 18.1 Å². The monoisotopic (exact) mass is 431 g/mol. The van der Waals surface area contributed by atoms with Crippen molar-refractivity contribution in [1.29, 1.82) is 0 Å². The van der Waals surface area contributed by atoms with Crippen molar-refractivity contribution < 1.29 is 9.47 Å². The lowest BCUT2D eigenvalue weighted by molar-refractivity contribution is 0.303. The molecule has 0 aliphatic heterocycles. The fraction of sp³-hybridized carbons (Fsp3) is 0.185. The number of benzene rings is 4. The van der Waals surface area contributed by atoms with Crippen LogP contribution in [0, 0.1) is 0 Å². The standard InChI is InChI=1S/C27H26ClNO2/c1-30-26-12-5-3-9-22(26)15-16-29-18-25-24-11-4-2-8-21(24)13-14-27(25)31-19-20-7-6-10-23(28)17-20/h2-14,17,29H,15-16,18-19H2,1H3. The maximum absolute atomic E-state index is 6.22. The average Bonchev–Trinajstić information content (AvgIpc) is 2.81. The zero-order valence-electron chi connectivity index (χ0n) is 17.6. The van der Waals surface area contributed by atoms with Crippen molar-refractivity contribution in [3.05, 3.63) is 107 Å². The first-order valence-electron chi connectivity index (χ1n) is 10.4. The third kappa shape index (κ3) is 5.38. The zero-order valence-corrected chi connectivity index (χ0v) is 18.4. The van der Waals surface area contributed by atoms with Crippen molar-refractivity contribution >= 4 is 22.4 Å². The van der Waals surface area contributed by atoms with Crippen molar-refractivity contribution in [2.24, 2.45) is 0 Å². The lowest BCUT2D eigenvalue weighted by Crippen LogP contribution is -2.18. The molecule has 0 bridgehead atoms. The van der Waals surface area contributed by atoms with Gasteiger partial charge in [0, 0.05) is 17.1 Å². The molecule has 31 heavy (non-hydrogen) atoms. The van der Waals surface area contributed by atoms with Crippen LogP contribution in [0.1, 0.15) is 16.7 Å². The average molecular weight is 432 g/mol. The number of hydrogen-bond acceptors (Lipinski definition) is 3. The van der Waals surface area contributed by atoms with Gasteiger partial charge in [-0.2, -0.15) is 0 Å². The summed E-state index contributed by atoms with van der Waals surface area (Å²) in [6, 6.07) is 28.5. The molecule has 4 aromatic rings. The molecule has 0 atom stereocenters. The van der Waals surface area contributed by atoms with Gasteiger partial charge in [-0.25, -0.2) is 0 Å². The molecule has 1 N–H and O–H groups in total. The number of fused-ring (bicyclic) bond motifs is 1. The van der Waals surface area contributed by atoms with Gasteiger partial charge in [0.25, 0.3) is 0 Å². The van der Waals surface area contributed by atoms with Crippen LogP contribution in [0.15, 0.2) is 84.9 Å². The van der Waals surface area contributed by atoms with Crippen LogP contribution < -0.4 is 14.8 Å². The van der Waals surface area contributed by atoms with Crippen molar-refractivity contribution in [3.8, 4) is 11.5 Å². The Labute approximate surface area is 188 Å². The summed E-state index contributed by atoms with van der Waals surface area (Å²) in [6.07, 6.45) is 0.896.